The highest BCUT2D eigenvalue weighted by Crippen LogP contribution is 2.35. The van der Waals surface area contributed by atoms with Gasteiger partial charge in [0.1, 0.15) is 0 Å². The first-order valence-corrected chi connectivity index (χ1v) is 5.44. The van der Waals surface area contributed by atoms with E-state index in [0.717, 1.165) is 18.4 Å². The van der Waals surface area contributed by atoms with Crippen LogP contribution in [-0.4, -0.2) is 26.8 Å². The third kappa shape index (κ3) is 4.10. The van der Waals surface area contributed by atoms with Crippen LogP contribution in [-0.2, 0) is 4.74 Å². The molecule has 0 spiro atoms. The molecule has 0 heterocycles. The van der Waals surface area contributed by atoms with Crippen molar-refractivity contribution in [1.82, 2.24) is 5.32 Å². The SMILES string of the molecule is CNC(CC1CC1)C(C)CCOC. The minimum atomic E-state index is 0.697. The molecule has 13 heavy (non-hydrogen) atoms. The Bertz CT molecular complexity index is 134. The van der Waals surface area contributed by atoms with Crippen LogP contribution in [0.1, 0.15) is 32.6 Å². The number of nitrogens with one attached hydrogen (secondary N) is 1. The van der Waals surface area contributed by atoms with E-state index in [1.807, 2.05) is 0 Å². The lowest BCUT2D eigenvalue weighted by Gasteiger charge is -2.23. The Morgan fingerprint density at radius 1 is 1.46 bits per heavy atom. The fourth-order valence-corrected chi connectivity index (χ4v) is 1.85. The molecule has 2 unspecified atom stereocenters. The second kappa shape index (κ2) is 5.61. The van der Waals surface area contributed by atoms with Gasteiger partial charge in [0.25, 0.3) is 0 Å². The Kier molecular flexibility index (Phi) is 4.74. The van der Waals surface area contributed by atoms with Crippen molar-refractivity contribution in [3.05, 3.63) is 0 Å². The summed E-state index contributed by atoms with van der Waals surface area (Å²) in [5.74, 6) is 1.76. The fraction of sp³-hybridized carbons (Fsp3) is 1.00. The molecule has 1 saturated carbocycles. The zero-order valence-corrected chi connectivity index (χ0v) is 9.18. The highest BCUT2D eigenvalue weighted by Gasteiger charge is 2.27. The number of ether oxygens (including phenoxy) is 1. The molecule has 1 fully saturated rings. The molecule has 0 radical (unpaired) electrons. The van der Waals surface area contributed by atoms with Crippen LogP contribution in [0, 0.1) is 11.8 Å². The summed E-state index contributed by atoms with van der Waals surface area (Å²) in [4.78, 5) is 0. The molecule has 1 aliphatic carbocycles. The van der Waals surface area contributed by atoms with Gasteiger partial charge >= 0.3 is 0 Å². The molecular formula is C11H23NO. The molecule has 0 bridgehead atoms. The third-order valence-corrected chi connectivity index (χ3v) is 3.12. The second-order valence-corrected chi connectivity index (χ2v) is 4.33. The van der Waals surface area contributed by atoms with E-state index in [9.17, 15) is 0 Å². The molecule has 0 aliphatic heterocycles. The highest BCUT2D eigenvalue weighted by molar-refractivity contribution is 4.82. The van der Waals surface area contributed by atoms with Gasteiger partial charge in [0.15, 0.2) is 0 Å². The average molecular weight is 185 g/mol. The first kappa shape index (κ1) is 11.0. The van der Waals surface area contributed by atoms with E-state index in [2.05, 4.69) is 19.3 Å². The van der Waals surface area contributed by atoms with Gasteiger partial charge in [-0.1, -0.05) is 19.8 Å². The van der Waals surface area contributed by atoms with Gasteiger partial charge in [0.05, 0.1) is 0 Å². The summed E-state index contributed by atoms with van der Waals surface area (Å²) in [7, 11) is 3.86. The van der Waals surface area contributed by atoms with Gasteiger partial charge in [-0.15, -0.1) is 0 Å². The van der Waals surface area contributed by atoms with Crippen molar-refractivity contribution < 1.29 is 4.74 Å². The fourth-order valence-electron chi connectivity index (χ4n) is 1.85. The zero-order chi connectivity index (χ0) is 9.68. The van der Waals surface area contributed by atoms with Crippen LogP contribution in [0.25, 0.3) is 0 Å². The number of rotatable bonds is 7. The normalized spacial score (nSPS) is 21.5. The van der Waals surface area contributed by atoms with E-state index in [-0.39, 0.29) is 0 Å². The Labute approximate surface area is 82.0 Å². The molecule has 78 valence electrons. The van der Waals surface area contributed by atoms with Crippen LogP contribution in [0.2, 0.25) is 0 Å². The van der Waals surface area contributed by atoms with Crippen molar-refractivity contribution in [2.24, 2.45) is 11.8 Å². The quantitative estimate of drug-likeness (QED) is 0.655. The molecule has 2 atom stereocenters. The maximum Gasteiger partial charge on any atom is 0.0465 e. The van der Waals surface area contributed by atoms with Gasteiger partial charge in [0.2, 0.25) is 0 Å². The predicted octanol–water partition coefficient (Wildman–Crippen LogP) is 2.05. The summed E-state index contributed by atoms with van der Waals surface area (Å²) in [5.41, 5.74) is 0. The molecule has 0 aromatic carbocycles. The second-order valence-electron chi connectivity index (χ2n) is 4.33. The first-order valence-electron chi connectivity index (χ1n) is 5.44. The Morgan fingerprint density at radius 2 is 2.15 bits per heavy atom. The monoisotopic (exact) mass is 185 g/mol. The van der Waals surface area contributed by atoms with Gasteiger partial charge in [0, 0.05) is 19.8 Å². The minimum Gasteiger partial charge on any atom is -0.385 e. The van der Waals surface area contributed by atoms with Crippen LogP contribution in [0.4, 0.5) is 0 Å². The summed E-state index contributed by atoms with van der Waals surface area (Å²) in [6, 6.07) is 0.697. The molecule has 0 aromatic heterocycles. The highest BCUT2D eigenvalue weighted by atomic mass is 16.5. The third-order valence-electron chi connectivity index (χ3n) is 3.12. The Morgan fingerprint density at radius 3 is 2.62 bits per heavy atom. The van der Waals surface area contributed by atoms with Crippen molar-refractivity contribution in [1.29, 1.82) is 0 Å². The summed E-state index contributed by atoms with van der Waals surface area (Å²) in [5, 5.41) is 3.43. The molecule has 0 saturated heterocycles. The summed E-state index contributed by atoms with van der Waals surface area (Å²) < 4.78 is 5.10. The van der Waals surface area contributed by atoms with Gasteiger partial charge in [-0.25, -0.2) is 0 Å². The molecular weight excluding hydrogens is 162 g/mol. The van der Waals surface area contributed by atoms with Crippen LogP contribution in [0.3, 0.4) is 0 Å². The van der Waals surface area contributed by atoms with Gasteiger partial charge in [-0.2, -0.15) is 0 Å². The van der Waals surface area contributed by atoms with Crippen molar-refractivity contribution in [3.63, 3.8) is 0 Å². The molecule has 1 aliphatic rings. The zero-order valence-electron chi connectivity index (χ0n) is 9.18. The van der Waals surface area contributed by atoms with Crippen molar-refractivity contribution in [2.75, 3.05) is 20.8 Å². The number of hydrogen-bond acceptors (Lipinski definition) is 2. The molecule has 2 heteroatoms. The van der Waals surface area contributed by atoms with Crippen LogP contribution in [0.15, 0.2) is 0 Å². The van der Waals surface area contributed by atoms with Gasteiger partial charge in [-0.3, -0.25) is 0 Å². The van der Waals surface area contributed by atoms with Crippen LogP contribution < -0.4 is 5.32 Å². The average Bonchev–Trinajstić information content (AvgIpc) is 2.93. The van der Waals surface area contributed by atoms with E-state index in [1.54, 1.807) is 7.11 Å². The van der Waals surface area contributed by atoms with Crippen molar-refractivity contribution >= 4 is 0 Å². The smallest absolute Gasteiger partial charge is 0.0465 e. The summed E-state index contributed by atoms with van der Waals surface area (Å²) >= 11 is 0. The lowest BCUT2D eigenvalue weighted by molar-refractivity contribution is 0.169. The van der Waals surface area contributed by atoms with Gasteiger partial charge < -0.3 is 10.1 Å². The maximum atomic E-state index is 5.10. The molecule has 1 N–H and O–H groups in total. The van der Waals surface area contributed by atoms with Gasteiger partial charge in [-0.05, 0) is 31.7 Å². The lowest BCUT2D eigenvalue weighted by Crippen LogP contribution is -2.33. The Hall–Kier alpha value is -0.0800. The molecule has 0 aromatic rings. The number of methoxy groups -OCH3 is 1. The minimum absolute atomic E-state index is 0.697. The van der Waals surface area contributed by atoms with Crippen LogP contribution in [0.5, 0.6) is 0 Å². The first-order chi connectivity index (χ1) is 6.27. The maximum absolute atomic E-state index is 5.10. The molecule has 2 nitrogen and oxygen atoms in total. The van der Waals surface area contributed by atoms with E-state index in [4.69, 9.17) is 4.74 Å². The largest absolute Gasteiger partial charge is 0.385 e. The molecule has 1 rings (SSSR count). The summed E-state index contributed by atoms with van der Waals surface area (Å²) in [6.07, 6.45) is 5.44. The van der Waals surface area contributed by atoms with E-state index >= 15 is 0 Å². The summed E-state index contributed by atoms with van der Waals surface area (Å²) in [6.45, 7) is 3.21. The standard InChI is InChI=1S/C11H23NO/c1-9(6-7-13-3)11(12-2)8-10-4-5-10/h9-12H,4-8H2,1-3H3. The van der Waals surface area contributed by atoms with E-state index < -0.39 is 0 Å². The Balaban J connectivity index is 2.17. The van der Waals surface area contributed by atoms with Crippen molar-refractivity contribution in [2.45, 2.75) is 38.6 Å². The number of hydrogen-bond donors (Lipinski definition) is 1. The lowest BCUT2D eigenvalue weighted by atomic mass is 9.94. The predicted molar refractivity (Wildman–Crippen MR) is 55.8 cm³/mol. The van der Waals surface area contributed by atoms with E-state index in [0.29, 0.717) is 6.04 Å². The molecule has 0 amide bonds. The van der Waals surface area contributed by atoms with E-state index in [1.165, 1.54) is 25.7 Å². The van der Waals surface area contributed by atoms with Crippen molar-refractivity contribution in [3.8, 4) is 0 Å². The topological polar surface area (TPSA) is 21.3 Å². The van der Waals surface area contributed by atoms with Crippen LogP contribution >= 0.6 is 0 Å².